The smallest absolute Gasteiger partial charge is 0.324 e. The summed E-state index contributed by atoms with van der Waals surface area (Å²) in [4.78, 5) is 42.1. The Morgan fingerprint density at radius 3 is 2.09 bits per heavy atom. The zero-order valence-corrected chi connectivity index (χ0v) is 19.2. The highest BCUT2D eigenvalue weighted by Crippen LogP contribution is 2.65. The number of ether oxygens (including phenoxy) is 3. The summed E-state index contributed by atoms with van der Waals surface area (Å²) in [6.45, 7) is 4.46. The fraction of sp³-hybridized carbons (Fsp3) is 0.423. The highest BCUT2D eigenvalue weighted by atomic mass is 16.6. The van der Waals surface area contributed by atoms with Crippen LogP contribution >= 0.6 is 0 Å². The molecule has 0 bridgehead atoms. The minimum Gasteiger partial charge on any atom is -0.497 e. The Morgan fingerprint density at radius 1 is 0.939 bits per heavy atom. The molecule has 7 nitrogen and oxygen atoms in total. The Balaban J connectivity index is 1.77. The molecule has 2 aromatic carbocycles. The van der Waals surface area contributed by atoms with Crippen LogP contribution in [0, 0.1) is 17.3 Å². The van der Waals surface area contributed by atoms with Crippen LogP contribution in [0.15, 0.2) is 54.6 Å². The third kappa shape index (κ3) is 3.65. The fourth-order valence-electron chi connectivity index (χ4n) is 5.43. The molecular weight excluding hydrogens is 422 g/mol. The molecule has 33 heavy (non-hydrogen) atoms. The van der Waals surface area contributed by atoms with Crippen molar-refractivity contribution in [2.24, 2.45) is 17.3 Å². The van der Waals surface area contributed by atoms with Gasteiger partial charge in [-0.05, 0) is 43.0 Å². The topological polar surface area (TPSA) is 82.1 Å². The predicted molar refractivity (Wildman–Crippen MR) is 120 cm³/mol. The number of esters is 2. The van der Waals surface area contributed by atoms with Crippen molar-refractivity contribution >= 4 is 17.8 Å². The molecule has 2 aliphatic rings. The number of amides is 1. The molecule has 1 heterocycles. The second-order valence-corrected chi connectivity index (χ2v) is 8.41. The number of nitrogens with zero attached hydrogens (tertiary/aromatic N) is 1. The van der Waals surface area contributed by atoms with Gasteiger partial charge in [0.05, 0.1) is 26.2 Å². The number of rotatable bonds is 8. The molecule has 174 valence electrons. The summed E-state index contributed by atoms with van der Waals surface area (Å²) in [6, 6.07) is 17.0. The number of carbonyl (C=O) groups is 3. The molecule has 0 N–H and O–H groups in total. The van der Waals surface area contributed by atoms with Gasteiger partial charge < -0.3 is 19.1 Å². The van der Waals surface area contributed by atoms with Gasteiger partial charge in [0.25, 0.3) is 0 Å². The maximum absolute atomic E-state index is 13.6. The minimum atomic E-state index is -1.70. The van der Waals surface area contributed by atoms with Crippen molar-refractivity contribution in [3.8, 4) is 5.75 Å². The molecule has 1 aliphatic heterocycles. The zero-order chi connectivity index (χ0) is 23.6. The van der Waals surface area contributed by atoms with Gasteiger partial charge in [0, 0.05) is 19.0 Å². The van der Waals surface area contributed by atoms with Crippen LogP contribution in [0.25, 0.3) is 0 Å². The normalized spacial score (nSPS) is 22.8. The maximum atomic E-state index is 13.6. The van der Waals surface area contributed by atoms with E-state index < -0.39 is 29.2 Å². The first-order valence-corrected chi connectivity index (χ1v) is 11.3. The van der Waals surface area contributed by atoms with Gasteiger partial charge in [-0.3, -0.25) is 14.4 Å². The van der Waals surface area contributed by atoms with Gasteiger partial charge >= 0.3 is 11.9 Å². The molecule has 0 unspecified atom stereocenters. The van der Waals surface area contributed by atoms with E-state index in [9.17, 15) is 14.4 Å². The molecule has 1 saturated heterocycles. The molecular formula is C26H29NO6. The summed E-state index contributed by atoms with van der Waals surface area (Å²) in [5, 5.41) is 0. The van der Waals surface area contributed by atoms with E-state index in [1.165, 1.54) is 0 Å². The van der Waals surface area contributed by atoms with E-state index in [1.54, 1.807) is 38.0 Å². The summed E-state index contributed by atoms with van der Waals surface area (Å²) in [5.74, 6) is -2.48. The molecule has 0 aromatic heterocycles. The maximum Gasteiger partial charge on any atom is 0.324 e. The molecule has 0 spiro atoms. The van der Waals surface area contributed by atoms with Crippen LogP contribution in [-0.2, 0) is 30.4 Å². The van der Waals surface area contributed by atoms with Gasteiger partial charge in [-0.1, -0.05) is 42.5 Å². The van der Waals surface area contributed by atoms with Crippen molar-refractivity contribution < 1.29 is 28.6 Å². The van der Waals surface area contributed by atoms with E-state index in [0.29, 0.717) is 18.8 Å². The lowest BCUT2D eigenvalue weighted by Gasteiger charge is -2.53. The Labute approximate surface area is 193 Å². The summed E-state index contributed by atoms with van der Waals surface area (Å²) in [7, 11) is 1.58. The van der Waals surface area contributed by atoms with Gasteiger partial charge in [-0.15, -0.1) is 0 Å². The molecule has 0 radical (unpaired) electrons. The largest absolute Gasteiger partial charge is 0.497 e. The summed E-state index contributed by atoms with van der Waals surface area (Å²) < 4.78 is 16.0. The zero-order valence-electron chi connectivity index (χ0n) is 19.2. The Kier molecular flexibility index (Phi) is 6.40. The van der Waals surface area contributed by atoms with E-state index in [2.05, 4.69) is 0 Å². The van der Waals surface area contributed by atoms with Gasteiger partial charge in [0.15, 0.2) is 5.41 Å². The van der Waals surface area contributed by atoms with E-state index in [0.717, 1.165) is 11.1 Å². The monoisotopic (exact) mass is 451 g/mol. The number of methoxy groups -OCH3 is 1. The summed E-state index contributed by atoms with van der Waals surface area (Å²) in [5.41, 5.74) is 0.0758. The Bertz CT molecular complexity index is 1000. The molecule has 1 amide bonds. The number of carbonyl (C=O) groups excluding carboxylic acids is 3. The molecule has 4 rings (SSSR count). The highest BCUT2D eigenvalue weighted by molar-refractivity contribution is 6.09. The van der Waals surface area contributed by atoms with Crippen molar-refractivity contribution in [3.05, 3.63) is 65.7 Å². The standard InChI is InChI=1S/C26H29NO6/c1-4-32-24(29)26(25(30)33-5-2)21(18-11-13-19(31-3)14-12-18)20-16-27(23(28)22(20)26)15-17-9-7-6-8-10-17/h6-14,20-22H,4-5,15-16H2,1-3H3/t20-,21-,22+/m0/s1. The van der Waals surface area contributed by atoms with Crippen LogP contribution in [0.1, 0.15) is 30.9 Å². The predicted octanol–water partition coefficient (Wildman–Crippen LogP) is 3.18. The summed E-state index contributed by atoms with van der Waals surface area (Å²) in [6.07, 6.45) is 0. The van der Waals surface area contributed by atoms with Crippen molar-refractivity contribution in [1.82, 2.24) is 4.90 Å². The Hall–Kier alpha value is -3.35. The van der Waals surface area contributed by atoms with E-state index in [4.69, 9.17) is 14.2 Å². The van der Waals surface area contributed by atoms with Crippen molar-refractivity contribution in [1.29, 1.82) is 0 Å². The number of hydrogen-bond acceptors (Lipinski definition) is 6. The average Bonchev–Trinajstić information content (AvgIpc) is 3.08. The SMILES string of the molecule is CCOC(=O)C1(C(=O)OCC)[C@H]2C(=O)N(Cc3ccccc3)C[C@H]2[C@@H]1c1ccc(OC)cc1. The van der Waals surface area contributed by atoms with Crippen LogP contribution in [0.2, 0.25) is 0 Å². The van der Waals surface area contributed by atoms with Gasteiger partial charge in [-0.2, -0.15) is 0 Å². The lowest BCUT2D eigenvalue weighted by atomic mass is 9.45. The van der Waals surface area contributed by atoms with Crippen LogP contribution in [0.3, 0.4) is 0 Å². The van der Waals surface area contributed by atoms with Crippen molar-refractivity contribution in [2.45, 2.75) is 26.3 Å². The van der Waals surface area contributed by atoms with Crippen LogP contribution in [0.4, 0.5) is 0 Å². The first kappa shape index (κ1) is 22.8. The van der Waals surface area contributed by atoms with E-state index >= 15 is 0 Å². The second kappa shape index (κ2) is 9.25. The third-order valence-corrected chi connectivity index (χ3v) is 6.76. The van der Waals surface area contributed by atoms with E-state index in [-0.39, 0.29) is 25.0 Å². The quantitative estimate of drug-likeness (QED) is 0.453. The molecule has 3 atom stereocenters. The van der Waals surface area contributed by atoms with Gasteiger partial charge in [0.2, 0.25) is 5.91 Å². The van der Waals surface area contributed by atoms with E-state index in [1.807, 2.05) is 42.5 Å². The third-order valence-electron chi connectivity index (χ3n) is 6.76. The average molecular weight is 452 g/mol. The van der Waals surface area contributed by atoms with Crippen molar-refractivity contribution in [2.75, 3.05) is 26.9 Å². The van der Waals surface area contributed by atoms with Gasteiger partial charge in [0.1, 0.15) is 5.75 Å². The second-order valence-electron chi connectivity index (χ2n) is 8.41. The molecule has 2 aromatic rings. The van der Waals surface area contributed by atoms with Crippen molar-refractivity contribution in [3.63, 3.8) is 0 Å². The Morgan fingerprint density at radius 2 is 1.55 bits per heavy atom. The number of hydrogen-bond donors (Lipinski definition) is 0. The molecule has 1 aliphatic carbocycles. The van der Waals surface area contributed by atoms with Gasteiger partial charge in [-0.25, -0.2) is 0 Å². The molecule has 2 fully saturated rings. The lowest BCUT2D eigenvalue weighted by molar-refractivity contribution is -0.197. The molecule has 1 saturated carbocycles. The number of benzene rings is 2. The lowest BCUT2D eigenvalue weighted by Crippen LogP contribution is -2.65. The van der Waals surface area contributed by atoms with Crippen LogP contribution in [0.5, 0.6) is 5.75 Å². The molecule has 7 heteroatoms. The first-order chi connectivity index (χ1) is 16.0. The highest BCUT2D eigenvalue weighted by Gasteiger charge is 2.77. The van der Waals surface area contributed by atoms with Crippen LogP contribution in [-0.4, -0.2) is 49.6 Å². The fourth-order valence-corrected chi connectivity index (χ4v) is 5.43. The first-order valence-electron chi connectivity index (χ1n) is 11.3. The number of fused-ring (bicyclic) bond motifs is 1. The van der Waals surface area contributed by atoms with Crippen LogP contribution < -0.4 is 4.74 Å². The summed E-state index contributed by atoms with van der Waals surface area (Å²) >= 11 is 0. The number of likely N-dealkylation sites (tertiary alicyclic amines) is 1. The minimum absolute atomic E-state index is 0.106.